The normalized spacial score (nSPS) is 20.9. The molecule has 162 valence electrons. The first-order valence-corrected chi connectivity index (χ1v) is 10.6. The number of carbonyl (C=O) groups is 2. The van der Waals surface area contributed by atoms with Crippen molar-refractivity contribution in [3.8, 4) is 11.8 Å². The van der Waals surface area contributed by atoms with Gasteiger partial charge < -0.3 is 9.84 Å². The van der Waals surface area contributed by atoms with Crippen LogP contribution in [0.2, 0.25) is 0 Å². The van der Waals surface area contributed by atoms with Gasteiger partial charge in [-0.25, -0.2) is 0 Å². The van der Waals surface area contributed by atoms with Crippen molar-refractivity contribution in [1.82, 2.24) is 0 Å². The van der Waals surface area contributed by atoms with Gasteiger partial charge in [0.2, 0.25) is 0 Å². The van der Waals surface area contributed by atoms with Crippen LogP contribution in [0.1, 0.15) is 35.2 Å². The molecule has 0 aromatic heterocycles. The van der Waals surface area contributed by atoms with Crippen LogP contribution in [0.4, 0.5) is 5.69 Å². The number of anilines is 1. The second kappa shape index (κ2) is 7.95. The van der Waals surface area contributed by atoms with Crippen LogP contribution < -0.4 is 9.64 Å². The van der Waals surface area contributed by atoms with Gasteiger partial charge in [0.25, 0.3) is 11.7 Å². The zero-order valence-electron chi connectivity index (χ0n) is 17.9. The third kappa shape index (κ3) is 3.44. The average Bonchev–Trinajstić information content (AvgIpc) is 3.34. The van der Waals surface area contributed by atoms with Crippen LogP contribution in [0.15, 0.2) is 78.4 Å². The predicted octanol–water partition coefficient (Wildman–Crippen LogP) is 4.51. The van der Waals surface area contributed by atoms with Crippen molar-refractivity contribution in [1.29, 1.82) is 5.26 Å². The van der Waals surface area contributed by atoms with Crippen LogP contribution in [-0.2, 0) is 16.0 Å². The maximum Gasteiger partial charge on any atom is 0.300 e. The van der Waals surface area contributed by atoms with Crippen LogP contribution in [0.3, 0.4) is 0 Å². The third-order valence-electron chi connectivity index (χ3n) is 6.00. The lowest BCUT2D eigenvalue weighted by atomic mass is 9.94. The van der Waals surface area contributed by atoms with E-state index in [2.05, 4.69) is 0 Å². The van der Waals surface area contributed by atoms with Gasteiger partial charge in [-0.15, -0.1) is 0 Å². The van der Waals surface area contributed by atoms with Crippen LogP contribution >= 0.6 is 0 Å². The summed E-state index contributed by atoms with van der Waals surface area (Å²) in [6.45, 7) is 1.97. The topological polar surface area (TPSA) is 90.6 Å². The van der Waals surface area contributed by atoms with E-state index in [4.69, 9.17) is 10.00 Å². The van der Waals surface area contributed by atoms with Gasteiger partial charge in [-0.1, -0.05) is 30.3 Å². The number of rotatable bonds is 3. The Hall–Kier alpha value is -4.37. The van der Waals surface area contributed by atoms with Gasteiger partial charge in [0.05, 0.1) is 23.2 Å². The molecule has 1 N–H and O–H groups in total. The van der Waals surface area contributed by atoms with E-state index >= 15 is 0 Å². The number of hydrogen-bond donors (Lipinski definition) is 1. The smallest absolute Gasteiger partial charge is 0.300 e. The van der Waals surface area contributed by atoms with E-state index in [1.807, 2.05) is 49.4 Å². The lowest BCUT2D eigenvalue weighted by Crippen LogP contribution is -2.29. The van der Waals surface area contributed by atoms with E-state index in [0.717, 1.165) is 11.3 Å². The molecule has 2 atom stereocenters. The molecule has 0 aliphatic carbocycles. The van der Waals surface area contributed by atoms with E-state index < -0.39 is 17.7 Å². The first-order chi connectivity index (χ1) is 16.0. The minimum absolute atomic E-state index is 0.0301. The van der Waals surface area contributed by atoms with Crippen LogP contribution in [0.25, 0.3) is 5.76 Å². The first kappa shape index (κ1) is 20.5. The molecule has 6 nitrogen and oxygen atoms in total. The molecule has 0 radical (unpaired) electrons. The molecule has 3 aromatic rings. The van der Waals surface area contributed by atoms with Crippen molar-refractivity contribution in [3.05, 3.63) is 101 Å². The van der Waals surface area contributed by atoms with E-state index in [1.54, 1.807) is 36.4 Å². The quantitative estimate of drug-likeness (QED) is 0.371. The lowest BCUT2D eigenvalue weighted by molar-refractivity contribution is -0.132. The van der Waals surface area contributed by atoms with Crippen molar-refractivity contribution in [3.63, 3.8) is 0 Å². The van der Waals surface area contributed by atoms with Gasteiger partial charge in [0, 0.05) is 17.7 Å². The molecule has 2 unspecified atom stereocenters. The Morgan fingerprint density at radius 2 is 1.79 bits per heavy atom. The van der Waals surface area contributed by atoms with E-state index in [0.29, 0.717) is 28.8 Å². The van der Waals surface area contributed by atoms with Crippen LogP contribution in [-0.4, -0.2) is 22.9 Å². The second-order valence-corrected chi connectivity index (χ2v) is 8.19. The molecule has 1 fully saturated rings. The minimum Gasteiger partial charge on any atom is -0.507 e. The zero-order chi connectivity index (χ0) is 23.1. The van der Waals surface area contributed by atoms with Crippen molar-refractivity contribution >= 4 is 23.1 Å². The largest absolute Gasteiger partial charge is 0.507 e. The number of benzene rings is 3. The first-order valence-electron chi connectivity index (χ1n) is 10.6. The Morgan fingerprint density at radius 1 is 1.06 bits per heavy atom. The highest BCUT2D eigenvalue weighted by Crippen LogP contribution is 2.42. The standard InChI is InChI=1S/C27H20N2O4/c1-16-13-20-14-19(9-12-22(20)33-16)25(30)23-24(18-5-3-2-4-6-18)29(27(32)26(23)31)21-10-7-17(15-28)8-11-21/h2-12,14,16,24,30H,13H2,1H3/b25-23-. The van der Waals surface area contributed by atoms with Gasteiger partial charge in [0.1, 0.15) is 17.6 Å². The highest BCUT2D eigenvalue weighted by Gasteiger charge is 2.47. The summed E-state index contributed by atoms with van der Waals surface area (Å²) >= 11 is 0. The fourth-order valence-electron chi connectivity index (χ4n) is 4.47. The Morgan fingerprint density at radius 3 is 2.48 bits per heavy atom. The lowest BCUT2D eigenvalue weighted by Gasteiger charge is -2.25. The molecule has 33 heavy (non-hydrogen) atoms. The summed E-state index contributed by atoms with van der Waals surface area (Å²) in [5.74, 6) is -0.943. The Balaban J connectivity index is 1.67. The molecule has 6 heteroatoms. The summed E-state index contributed by atoms with van der Waals surface area (Å²) < 4.78 is 5.74. The summed E-state index contributed by atoms with van der Waals surface area (Å²) in [4.78, 5) is 27.8. The number of carbonyl (C=O) groups excluding carboxylic acids is 2. The summed E-state index contributed by atoms with van der Waals surface area (Å²) in [7, 11) is 0. The van der Waals surface area contributed by atoms with Gasteiger partial charge in [0.15, 0.2) is 0 Å². The van der Waals surface area contributed by atoms with Crippen molar-refractivity contribution in [2.45, 2.75) is 25.5 Å². The average molecular weight is 436 g/mol. The number of nitrogens with zero attached hydrogens (tertiary/aromatic N) is 2. The van der Waals surface area contributed by atoms with Gasteiger partial charge >= 0.3 is 0 Å². The van der Waals surface area contributed by atoms with Crippen LogP contribution in [0, 0.1) is 11.3 Å². The van der Waals surface area contributed by atoms with Gasteiger partial charge in [-0.3, -0.25) is 14.5 Å². The minimum atomic E-state index is -0.803. The zero-order valence-corrected chi connectivity index (χ0v) is 17.9. The van der Waals surface area contributed by atoms with Crippen molar-refractivity contribution in [2.75, 3.05) is 4.90 Å². The number of hydrogen-bond acceptors (Lipinski definition) is 5. The molecule has 1 amide bonds. The highest BCUT2D eigenvalue weighted by molar-refractivity contribution is 6.51. The number of aliphatic hydroxyl groups is 1. The molecular weight excluding hydrogens is 416 g/mol. The molecular formula is C27H20N2O4. The number of ketones is 1. The number of ether oxygens (including phenoxy) is 1. The molecule has 1 saturated heterocycles. The monoisotopic (exact) mass is 436 g/mol. The van der Waals surface area contributed by atoms with Crippen LogP contribution in [0.5, 0.6) is 5.75 Å². The summed E-state index contributed by atoms with van der Waals surface area (Å²) in [6.07, 6.45) is 0.752. The fraction of sp³-hybridized carbons (Fsp3) is 0.148. The van der Waals surface area contributed by atoms with E-state index in [9.17, 15) is 14.7 Å². The maximum atomic E-state index is 13.2. The van der Waals surface area contributed by atoms with Gasteiger partial charge in [-0.2, -0.15) is 5.26 Å². The SMILES string of the molecule is CC1Cc2cc(/C(O)=C3/C(=O)C(=O)N(c4ccc(C#N)cc4)C3c3ccccc3)ccc2O1. The Kier molecular flexibility index (Phi) is 4.95. The molecule has 3 aromatic carbocycles. The van der Waals surface area contributed by atoms with E-state index in [-0.39, 0.29) is 17.4 Å². The second-order valence-electron chi connectivity index (χ2n) is 8.19. The number of amides is 1. The molecule has 2 aliphatic rings. The Labute approximate surface area is 191 Å². The molecule has 0 bridgehead atoms. The molecule has 0 saturated carbocycles. The molecule has 2 heterocycles. The fourth-order valence-corrected chi connectivity index (χ4v) is 4.47. The molecule has 5 rings (SSSR count). The summed E-state index contributed by atoms with van der Waals surface area (Å²) in [5.41, 5.74) is 3.05. The maximum absolute atomic E-state index is 13.2. The Bertz CT molecular complexity index is 1340. The predicted molar refractivity (Wildman–Crippen MR) is 123 cm³/mol. The number of aliphatic hydroxyl groups excluding tert-OH is 1. The van der Waals surface area contributed by atoms with Crippen molar-refractivity contribution < 1.29 is 19.4 Å². The number of nitriles is 1. The highest BCUT2D eigenvalue weighted by atomic mass is 16.5. The van der Waals surface area contributed by atoms with E-state index in [1.165, 1.54) is 4.90 Å². The number of fused-ring (bicyclic) bond motifs is 1. The molecule has 0 spiro atoms. The van der Waals surface area contributed by atoms with Gasteiger partial charge in [-0.05, 0) is 60.5 Å². The third-order valence-corrected chi connectivity index (χ3v) is 6.00. The summed E-state index contributed by atoms with van der Waals surface area (Å²) in [6, 6.07) is 22.1. The van der Waals surface area contributed by atoms with Crippen molar-refractivity contribution in [2.24, 2.45) is 0 Å². The summed E-state index contributed by atoms with van der Waals surface area (Å²) in [5, 5.41) is 20.4. The number of Topliss-reactive ketones (excluding diaryl/α,β-unsaturated/α-hetero) is 1. The molecule has 2 aliphatic heterocycles.